The highest BCUT2D eigenvalue weighted by Crippen LogP contribution is 2.35. The lowest BCUT2D eigenvalue weighted by molar-refractivity contribution is 1.44. The Hall–Kier alpha value is -2.06. The second-order valence-electron chi connectivity index (χ2n) is 4.90. The molecule has 20 heavy (non-hydrogen) atoms. The molecule has 3 aromatic rings. The number of fused-ring (bicyclic) bond motifs is 2. The predicted octanol–water partition coefficient (Wildman–Crippen LogP) is 5.16. The lowest BCUT2D eigenvalue weighted by Crippen LogP contribution is -1.91. The highest BCUT2D eigenvalue weighted by molar-refractivity contribution is 8.14. The summed E-state index contributed by atoms with van der Waals surface area (Å²) >= 11 is 1.83. The number of hydrogen-bond acceptors (Lipinski definition) is 2. The third-order valence-corrected chi connectivity index (χ3v) is 4.59. The van der Waals surface area contributed by atoms with Crippen molar-refractivity contribution < 1.29 is 0 Å². The van der Waals surface area contributed by atoms with E-state index in [0.29, 0.717) is 0 Å². The minimum Gasteiger partial charge on any atom is -0.241 e. The fraction of sp³-hybridized carbons (Fsp3) is 0.0556. The summed E-state index contributed by atoms with van der Waals surface area (Å²) in [6.45, 7) is 0. The Morgan fingerprint density at radius 1 is 0.800 bits per heavy atom. The molecule has 0 amide bonds. The van der Waals surface area contributed by atoms with Crippen molar-refractivity contribution in [3.05, 3.63) is 77.9 Å². The highest BCUT2D eigenvalue weighted by atomic mass is 32.2. The van der Waals surface area contributed by atoms with E-state index in [-0.39, 0.29) is 0 Å². The maximum absolute atomic E-state index is 4.79. The summed E-state index contributed by atoms with van der Waals surface area (Å²) in [6, 6.07) is 23.3. The van der Waals surface area contributed by atoms with Gasteiger partial charge in [-0.15, -0.1) is 11.8 Å². The molecule has 1 aliphatic heterocycles. The Labute approximate surface area is 122 Å². The first-order valence-corrected chi connectivity index (χ1v) is 7.67. The molecule has 0 N–H and O–H groups in total. The van der Waals surface area contributed by atoms with Crippen LogP contribution in [0.25, 0.3) is 10.8 Å². The zero-order chi connectivity index (χ0) is 13.4. The Kier molecular flexibility index (Phi) is 2.82. The van der Waals surface area contributed by atoms with Crippen molar-refractivity contribution in [1.82, 2.24) is 0 Å². The molecule has 3 aromatic carbocycles. The first-order valence-electron chi connectivity index (χ1n) is 6.69. The van der Waals surface area contributed by atoms with Crippen molar-refractivity contribution in [2.75, 3.05) is 0 Å². The van der Waals surface area contributed by atoms with Crippen LogP contribution in [0.5, 0.6) is 0 Å². The maximum atomic E-state index is 4.79. The molecule has 0 bridgehead atoms. The molecule has 0 radical (unpaired) electrons. The summed E-state index contributed by atoms with van der Waals surface area (Å²) in [5, 5.41) is 3.74. The first kappa shape index (κ1) is 11.7. The SMILES string of the molecule is c1ccc(N=C2SCc3cc4ccccc4cc32)cc1. The van der Waals surface area contributed by atoms with Gasteiger partial charge in [0.2, 0.25) is 0 Å². The summed E-state index contributed by atoms with van der Waals surface area (Å²) < 4.78 is 0. The Balaban J connectivity index is 1.85. The first-order chi connectivity index (χ1) is 9.90. The topological polar surface area (TPSA) is 12.4 Å². The molecule has 0 aliphatic carbocycles. The van der Waals surface area contributed by atoms with Gasteiger partial charge in [-0.1, -0.05) is 42.5 Å². The molecule has 0 atom stereocenters. The van der Waals surface area contributed by atoms with Crippen molar-refractivity contribution in [3.8, 4) is 0 Å². The molecule has 0 spiro atoms. The summed E-state index contributed by atoms with van der Waals surface area (Å²) in [5.74, 6) is 1.02. The predicted molar refractivity (Wildman–Crippen MR) is 87.9 cm³/mol. The van der Waals surface area contributed by atoms with Crippen LogP contribution in [0.15, 0.2) is 71.7 Å². The number of aliphatic imine (C=N–C) groups is 1. The van der Waals surface area contributed by atoms with Crippen LogP contribution < -0.4 is 0 Å². The molecule has 0 saturated heterocycles. The van der Waals surface area contributed by atoms with Crippen LogP contribution >= 0.6 is 11.8 Å². The molecule has 2 heteroatoms. The maximum Gasteiger partial charge on any atom is 0.105 e. The van der Waals surface area contributed by atoms with Crippen LogP contribution in [-0.2, 0) is 5.75 Å². The Morgan fingerprint density at radius 3 is 2.30 bits per heavy atom. The number of rotatable bonds is 1. The van der Waals surface area contributed by atoms with Crippen molar-refractivity contribution in [3.63, 3.8) is 0 Å². The third kappa shape index (κ3) is 2.02. The molecule has 1 nitrogen and oxygen atoms in total. The lowest BCUT2D eigenvalue weighted by Gasteiger charge is -2.03. The summed E-state index contributed by atoms with van der Waals surface area (Å²) in [5.41, 5.74) is 3.71. The summed E-state index contributed by atoms with van der Waals surface area (Å²) in [7, 11) is 0. The fourth-order valence-electron chi connectivity index (χ4n) is 2.54. The average Bonchev–Trinajstić information content (AvgIpc) is 2.88. The highest BCUT2D eigenvalue weighted by Gasteiger charge is 2.19. The molecule has 1 aliphatic rings. The van der Waals surface area contributed by atoms with Crippen LogP contribution in [0.2, 0.25) is 0 Å². The van der Waals surface area contributed by atoms with Crippen molar-refractivity contribution >= 4 is 33.3 Å². The second-order valence-corrected chi connectivity index (χ2v) is 5.86. The van der Waals surface area contributed by atoms with E-state index in [2.05, 4.69) is 36.4 Å². The van der Waals surface area contributed by atoms with Gasteiger partial charge in [-0.3, -0.25) is 0 Å². The second kappa shape index (κ2) is 4.80. The number of nitrogens with zero attached hydrogens (tertiary/aromatic N) is 1. The van der Waals surface area contributed by atoms with E-state index in [0.717, 1.165) is 16.5 Å². The third-order valence-electron chi connectivity index (χ3n) is 3.55. The molecule has 1 heterocycles. The van der Waals surface area contributed by atoms with E-state index < -0.39 is 0 Å². The molecular weight excluding hydrogens is 262 g/mol. The van der Waals surface area contributed by atoms with Gasteiger partial charge in [-0.25, -0.2) is 4.99 Å². The van der Waals surface area contributed by atoms with Crippen LogP contribution in [0, 0.1) is 0 Å². The van der Waals surface area contributed by atoms with Gasteiger partial charge >= 0.3 is 0 Å². The van der Waals surface area contributed by atoms with E-state index in [1.165, 1.54) is 21.9 Å². The van der Waals surface area contributed by atoms with Gasteiger partial charge in [-0.2, -0.15) is 0 Å². The van der Waals surface area contributed by atoms with Gasteiger partial charge in [-0.05, 0) is 40.6 Å². The number of thioether (sulfide) groups is 1. The molecule has 0 unspecified atom stereocenters. The molecule has 4 rings (SSSR count). The molecule has 0 aromatic heterocycles. The smallest absolute Gasteiger partial charge is 0.105 e. The Bertz CT molecular complexity index is 806. The number of benzene rings is 3. The van der Waals surface area contributed by atoms with E-state index in [1.807, 2.05) is 42.1 Å². The minimum atomic E-state index is 1.02. The quantitative estimate of drug-likeness (QED) is 0.597. The molecule has 0 fully saturated rings. The van der Waals surface area contributed by atoms with Gasteiger partial charge in [0.1, 0.15) is 5.04 Å². The standard InChI is InChI=1S/C18H13NS/c1-2-8-16(9-3-1)19-18-17-11-14-7-5-4-6-13(14)10-15(17)12-20-18/h1-11H,12H2. The summed E-state index contributed by atoms with van der Waals surface area (Å²) in [6.07, 6.45) is 0. The zero-order valence-corrected chi connectivity index (χ0v) is 11.7. The fourth-order valence-corrected chi connectivity index (χ4v) is 3.59. The monoisotopic (exact) mass is 275 g/mol. The van der Waals surface area contributed by atoms with Crippen LogP contribution in [0.3, 0.4) is 0 Å². The van der Waals surface area contributed by atoms with Gasteiger partial charge in [0.15, 0.2) is 0 Å². The van der Waals surface area contributed by atoms with Gasteiger partial charge in [0, 0.05) is 11.3 Å². The van der Waals surface area contributed by atoms with Crippen molar-refractivity contribution in [1.29, 1.82) is 0 Å². The van der Waals surface area contributed by atoms with Crippen molar-refractivity contribution in [2.45, 2.75) is 5.75 Å². The van der Waals surface area contributed by atoms with Crippen LogP contribution in [0.4, 0.5) is 5.69 Å². The number of hydrogen-bond donors (Lipinski definition) is 0. The van der Waals surface area contributed by atoms with E-state index in [1.54, 1.807) is 0 Å². The van der Waals surface area contributed by atoms with Crippen LogP contribution in [0.1, 0.15) is 11.1 Å². The summed E-state index contributed by atoms with van der Waals surface area (Å²) in [4.78, 5) is 4.79. The van der Waals surface area contributed by atoms with E-state index in [9.17, 15) is 0 Å². The van der Waals surface area contributed by atoms with Crippen molar-refractivity contribution in [2.24, 2.45) is 4.99 Å². The molecule has 0 saturated carbocycles. The van der Waals surface area contributed by atoms with Crippen LogP contribution in [-0.4, -0.2) is 5.04 Å². The minimum absolute atomic E-state index is 1.02. The molecular formula is C18H13NS. The normalized spacial score (nSPS) is 15.7. The van der Waals surface area contributed by atoms with Gasteiger partial charge in [0.05, 0.1) is 5.69 Å². The average molecular weight is 275 g/mol. The largest absolute Gasteiger partial charge is 0.241 e. The Morgan fingerprint density at radius 2 is 1.50 bits per heavy atom. The number of para-hydroxylation sites is 1. The van der Waals surface area contributed by atoms with E-state index in [4.69, 9.17) is 4.99 Å². The zero-order valence-electron chi connectivity index (χ0n) is 10.9. The lowest BCUT2D eigenvalue weighted by atomic mass is 10.0. The van der Waals surface area contributed by atoms with Gasteiger partial charge in [0.25, 0.3) is 0 Å². The van der Waals surface area contributed by atoms with Gasteiger partial charge < -0.3 is 0 Å². The van der Waals surface area contributed by atoms with E-state index >= 15 is 0 Å². The molecule has 96 valence electrons.